The van der Waals surface area contributed by atoms with Gasteiger partial charge in [0.05, 0.1) is 19.2 Å². The fraction of sp³-hybridized carbons (Fsp3) is 0.273. The number of nitrogens with one attached hydrogen (secondary N) is 1. The number of aliphatic hydroxyl groups excluding tert-OH is 1. The van der Waals surface area contributed by atoms with E-state index in [4.69, 9.17) is 11.5 Å². The summed E-state index contributed by atoms with van der Waals surface area (Å²) < 4.78 is 38.5. The first-order chi connectivity index (χ1) is 7.60. The minimum absolute atomic E-state index is 0.106. The molecule has 0 heterocycles. The molecule has 0 radical (unpaired) electrons. The predicted octanol–water partition coefficient (Wildman–Crippen LogP) is 1.36. The van der Waals surface area contributed by atoms with E-state index in [9.17, 15) is 13.2 Å². The van der Waals surface area contributed by atoms with Crippen LogP contribution in [0.5, 0.6) is 0 Å². The maximum atomic E-state index is 12.9. The normalized spacial score (nSPS) is 12.2. The third-order valence-corrected chi connectivity index (χ3v) is 2.04. The van der Waals surface area contributed by atoms with Gasteiger partial charge in [-0.25, -0.2) is 13.2 Å². The van der Waals surface area contributed by atoms with E-state index < -0.39 is 30.1 Å². The molecule has 0 aliphatic heterocycles. The van der Waals surface area contributed by atoms with Crippen LogP contribution in [0.1, 0.15) is 11.6 Å². The Hall–Kier alpha value is -1.51. The average molecular weight is 229 g/mol. The first-order valence-corrected chi connectivity index (χ1v) is 4.52. The molecule has 0 amide bonds. The van der Waals surface area contributed by atoms with Crippen LogP contribution in [-0.2, 0) is 0 Å². The third-order valence-electron chi connectivity index (χ3n) is 2.04. The summed E-state index contributed by atoms with van der Waals surface area (Å²) in [5.74, 6) is -1.86. The zero-order valence-corrected chi connectivity index (χ0v) is 8.30. The minimum Gasteiger partial charge on any atom is -0.394 e. The number of benzene rings is 1. The second-order valence-electron chi connectivity index (χ2n) is 3.12. The van der Waals surface area contributed by atoms with Crippen LogP contribution >= 0.6 is 0 Å². The van der Waals surface area contributed by atoms with E-state index in [0.717, 1.165) is 12.1 Å². The standard InChI is InChI=1S/C11H10F3NO/c1-2-3-15-10(6-16)7-4-8(12)11(14)9(13)5-7/h1,4-5,10,15-16H,3,6H2/t10-/m1/s1. The van der Waals surface area contributed by atoms with Crippen LogP contribution in [0.3, 0.4) is 0 Å². The molecule has 0 aromatic heterocycles. The number of rotatable bonds is 4. The third kappa shape index (κ3) is 2.75. The second-order valence-corrected chi connectivity index (χ2v) is 3.12. The van der Waals surface area contributed by atoms with Crippen molar-refractivity contribution >= 4 is 0 Å². The first kappa shape index (κ1) is 12.6. The van der Waals surface area contributed by atoms with Gasteiger partial charge in [-0.1, -0.05) is 5.92 Å². The molecule has 0 aliphatic rings. The van der Waals surface area contributed by atoms with E-state index in [1.165, 1.54) is 0 Å². The highest BCUT2D eigenvalue weighted by Gasteiger charge is 2.16. The highest BCUT2D eigenvalue weighted by molar-refractivity contribution is 5.23. The van der Waals surface area contributed by atoms with Crippen LogP contribution in [-0.4, -0.2) is 18.3 Å². The predicted molar refractivity (Wildman–Crippen MR) is 53.0 cm³/mol. The van der Waals surface area contributed by atoms with Gasteiger partial charge in [0, 0.05) is 0 Å². The lowest BCUT2D eigenvalue weighted by Crippen LogP contribution is -2.25. The lowest BCUT2D eigenvalue weighted by atomic mass is 10.1. The Balaban J connectivity index is 2.98. The molecule has 0 fully saturated rings. The molecule has 0 saturated heterocycles. The molecule has 0 aliphatic carbocycles. The molecular weight excluding hydrogens is 219 g/mol. The van der Waals surface area contributed by atoms with E-state index in [-0.39, 0.29) is 12.1 Å². The van der Waals surface area contributed by atoms with Gasteiger partial charge in [-0.15, -0.1) is 6.42 Å². The zero-order chi connectivity index (χ0) is 12.1. The van der Waals surface area contributed by atoms with Gasteiger partial charge < -0.3 is 5.11 Å². The van der Waals surface area contributed by atoms with Crippen LogP contribution < -0.4 is 5.32 Å². The van der Waals surface area contributed by atoms with Crippen molar-refractivity contribution in [3.05, 3.63) is 35.1 Å². The fourth-order valence-electron chi connectivity index (χ4n) is 1.25. The minimum atomic E-state index is -1.53. The lowest BCUT2D eigenvalue weighted by Gasteiger charge is -2.15. The zero-order valence-electron chi connectivity index (χ0n) is 8.30. The summed E-state index contributed by atoms with van der Waals surface area (Å²) in [4.78, 5) is 0. The van der Waals surface area contributed by atoms with Crippen LogP contribution in [0.2, 0.25) is 0 Å². The Kier molecular flexibility index (Phi) is 4.35. The van der Waals surface area contributed by atoms with Crippen molar-refractivity contribution in [1.82, 2.24) is 5.32 Å². The van der Waals surface area contributed by atoms with Gasteiger partial charge in [-0.3, -0.25) is 5.32 Å². The van der Waals surface area contributed by atoms with Crippen LogP contribution in [0.4, 0.5) is 13.2 Å². The second kappa shape index (κ2) is 5.54. The topological polar surface area (TPSA) is 32.3 Å². The fourth-order valence-corrected chi connectivity index (χ4v) is 1.25. The molecule has 1 aromatic rings. The molecule has 1 rings (SSSR count). The van der Waals surface area contributed by atoms with Crippen molar-refractivity contribution in [2.45, 2.75) is 6.04 Å². The van der Waals surface area contributed by atoms with Crippen LogP contribution in [0.15, 0.2) is 12.1 Å². The van der Waals surface area contributed by atoms with E-state index in [1.54, 1.807) is 0 Å². The molecule has 5 heteroatoms. The van der Waals surface area contributed by atoms with Crippen molar-refractivity contribution < 1.29 is 18.3 Å². The summed E-state index contributed by atoms with van der Waals surface area (Å²) in [6, 6.07) is 0.923. The number of aliphatic hydroxyl groups is 1. The SMILES string of the molecule is C#CCN[C@H](CO)c1cc(F)c(F)c(F)c1. The molecule has 2 nitrogen and oxygen atoms in total. The van der Waals surface area contributed by atoms with Gasteiger partial charge in [0.25, 0.3) is 0 Å². The number of halogens is 3. The summed E-state index contributed by atoms with van der Waals surface area (Å²) >= 11 is 0. The van der Waals surface area contributed by atoms with Gasteiger partial charge >= 0.3 is 0 Å². The summed E-state index contributed by atoms with van der Waals surface area (Å²) in [7, 11) is 0. The molecule has 0 spiro atoms. The average Bonchev–Trinajstić information content (AvgIpc) is 2.26. The number of terminal acetylenes is 1. The number of hydrogen-bond donors (Lipinski definition) is 2. The molecule has 2 N–H and O–H groups in total. The molecule has 0 saturated carbocycles. The lowest BCUT2D eigenvalue weighted by molar-refractivity contribution is 0.247. The highest BCUT2D eigenvalue weighted by Crippen LogP contribution is 2.18. The summed E-state index contributed by atoms with van der Waals surface area (Å²) in [6.45, 7) is -0.266. The smallest absolute Gasteiger partial charge is 0.194 e. The summed E-state index contributed by atoms with van der Waals surface area (Å²) in [5, 5.41) is 11.7. The summed E-state index contributed by atoms with van der Waals surface area (Å²) in [5.41, 5.74) is 0.106. The van der Waals surface area contributed by atoms with Gasteiger partial charge in [0.2, 0.25) is 0 Å². The molecular formula is C11H10F3NO. The van der Waals surface area contributed by atoms with Gasteiger partial charge in [0.1, 0.15) is 0 Å². The van der Waals surface area contributed by atoms with Gasteiger partial charge in [0.15, 0.2) is 17.5 Å². The van der Waals surface area contributed by atoms with Crippen molar-refractivity contribution in [3.63, 3.8) is 0 Å². The Bertz CT molecular complexity index is 391. The Morgan fingerprint density at radius 1 is 1.31 bits per heavy atom. The van der Waals surface area contributed by atoms with Crippen molar-refractivity contribution in [2.24, 2.45) is 0 Å². The van der Waals surface area contributed by atoms with E-state index in [1.807, 2.05) is 0 Å². The van der Waals surface area contributed by atoms with E-state index >= 15 is 0 Å². The Labute approximate surface area is 91.1 Å². The highest BCUT2D eigenvalue weighted by atomic mass is 19.2. The van der Waals surface area contributed by atoms with Crippen LogP contribution in [0, 0.1) is 29.8 Å². The molecule has 16 heavy (non-hydrogen) atoms. The van der Waals surface area contributed by atoms with Crippen molar-refractivity contribution in [2.75, 3.05) is 13.2 Å². The molecule has 0 bridgehead atoms. The summed E-state index contributed by atoms with van der Waals surface area (Å²) in [6.07, 6.45) is 4.99. The maximum Gasteiger partial charge on any atom is 0.194 e. The Morgan fingerprint density at radius 2 is 1.88 bits per heavy atom. The van der Waals surface area contributed by atoms with Gasteiger partial charge in [-0.05, 0) is 17.7 Å². The van der Waals surface area contributed by atoms with E-state index in [2.05, 4.69) is 11.2 Å². The Morgan fingerprint density at radius 3 is 2.31 bits per heavy atom. The molecule has 1 atom stereocenters. The van der Waals surface area contributed by atoms with Crippen molar-refractivity contribution in [1.29, 1.82) is 0 Å². The van der Waals surface area contributed by atoms with Crippen LogP contribution in [0.25, 0.3) is 0 Å². The quantitative estimate of drug-likeness (QED) is 0.603. The maximum absolute atomic E-state index is 12.9. The monoisotopic (exact) mass is 229 g/mol. The molecule has 86 valence electrons. The molecule has 0 unspecified atom stereocenters. The molecule has 1 aromatic carbocycles. The van der Waals surface area contributed by atoms with E-state index in [0.29, 0.717) is 0 Å². The number of hydrogen-bond acceptors (Lipinski definition) is 2. The van der Waals surface area contributed by atoms with Gasteiger partial charge in [-0.2, -0.15) is 0 Å². The largest absolute Gasteiger partial charge is 0.394 e. The van der Waals surface area contributed by atoms with Crippen molar-refractivity contribution in [3.8, 4) is 12.3 Å². The first-order valence-electron chi connectivity index (χ1n) is 4.52.